The quantitative estimate of drug-likeness (QED) is 0.665. The van der Waals surface area contributed by atoms with Gasteiger partial charge in [-0.2, -0.15) is 0 Å². The Balaban J connectivity index is 1.78. The number of carbonyl (C=O) groups excluding carboxylic acids is 1. The number of rotatable bonds is 7. The molecule has 0 saturated heterocycles. The van der Waals surface area contributed by atoms with E-state index in [-0.39, 0.29) is 5.91 Å². The van der Waals surface area contributed by atoms with Crippen molar-refractivity contribution >= 4 is 16.8 Å². The number of nitrogens with two attached hydrogens (primary N) is 1. The van der Waals surface area contributed by atoms with Crippen LogP contribution in [0.2, 0.25) is 0 Å². The number of benzene rings is 1. The lowest BCUT2D eigenvalue weighted by molar-refractivity contribution is -0.121. The minimum atomic E-state index is 0.119. The van der Waals surface area contributed by atoms with E-state index in [1.807, 2.05) is 18.3 Å². The summed E-state index contributed by atoms with van der Waals surface area (Å²) in [5, 5.41) is 4.19. The van der Waals surface area contributed by atoms with E-state index in [2.05, 4.69) is 22.4 Å². The van der Waals surface area contributed by atoms with Crippen molar-refractivity contribution in [2.75, 3.05) is 13.1 Å². The normalized spacial score (nSPS) is 10.8. The van der Waals surface area contributed by atoms with Crippen molar-refractivity contribution in [2.24, 2.45) is 5.73 Å². The van der Waals surface area contributed by atoms with Gasteiger partial charge in [-0.1, -0.05) is 18.2 Å². The molecule has 1 amide bonds. The largest absolute Gasteiger partial charge is 0.361 e. The molecule has 102 valence electrons. The van der Waals surface area contributed by atoms with E-state index < -0.39 is 0 Å². The van der Waals surface area contributed by atoms with Crippen LogP contribution in [0.15, 0.2) is 30.5 Å². The number of hydrogen-bond donors (Lipinski definition) is 3. The number of H-pyrrole nitrogens is 1. The molecule has 0 atom stereocenters. The maximum absolute atomic E-state index is 11.6. The van der Waals surface area contributed by atoms with E-state index in [9.17, 15) is 4.79 Å². The molecule has 0 aliphatic heterocycles. The molecule has 1 aromatic heterocycles. The fraction of sp³-hybridized carbons (Fsp3) is 0.400. The molecule has 1 aromatic carbocycles. The van der Waals surface area contributed by atoms with Crippen molar-refractivity contribution < 1.29 is 4.79 Å². The number of aromatic amines is 1. The van der Waals surface area contributed by atoms with Gasteiger partial charge in [-0.25, -0.2) is 0 Å². The standard InChI is InChI=1S/C15H21N3O/c16-9-4-3-7-15(19)17-10-8-12-11-18-14-6-2-1-5-13(12)14/h1-2,5-6,11,18H,3-4,7-10,16H2,(H,17,19). The van der Waals surface area contributed by atoms with Crippen LogP contribution in [0.1, 0.15) is 24.8 Å². The minimum absolute atomic E-state index is 0.119. The Morgan fingerprint density at radius 2 is 2.11 bits per heavy atom. The van der Waals surface area contributed by atoms with Crippen molar-refractivity contribution in [1.82, 2.24) is 10.3 Å². The zero-order valence-corrected chi connectivity index (χ0v) is 11.1. The molecule has 0 aliphatic rings. The summed E-state index contributed by atoms with van der Waals surface area (Å²) >= 11 is 0. The van der Waals surface area contributed by atoms with Gasteiger partial charge in [0.1, 0.15) is 0 Å². The van der Waals surface area contributed by atoms with Gasteiger partial charge >= 0.3 is 0 Å². The lowest BCUT2D eigenvalue weighted by Crippen LogP contribution is -2.25. The highest BCUT2D eigenvalue weighted by Gasteiger charge is 2.04. The molecule has 2 aromatic rings. The van der Waals surface area contributed by atoms with Gasteiger partial charge in [-0.15, -0.1) is 0 Å². The molecule has 4 N–H and O–H groups in total. The predicted molar refractivity (Wildman–Crippen MR) is 77.9 cm³/mol. The Morgan fingerprint density at radius 3 is 2.95 bits per heavy atom. The first-order valence-electron chi connectivity index (χ1n) is 6.83. The zero-order chi connectivity index (χ0) is 13.5. The Kier molecular flexibility index (Phi) is 4.98. The molecule has 19 heavy (non-hydrogen) atoms. The van der Waals surface area contributed by atoms with Crippen molar-refractivity contribution in [3.8, 4) is 0 Å². The van der Waals surface area contributed by atoms with Crippen LogP contribution >= 0.6 is 0 Å². The summed E-state index contributed by atoms with van der Waals surface area (Å²) in [4.78, 5) is 14.8. The molecule has 2 rings (SSSR count). The predicted octanol–water partition coefficient (Wildman–Crippen LogP) is 1.96. The van der Waals surface area contributed by atoms with E-state index >= 15 is 0 Å². The first-order valence-corrected chi connectivity index (χ1v) is 6.83. The molecule has 0 fully saturated rings. The van der Waals surface area contributed by atoms with Crippen LogP contribution in [0.3, 0.4) is 0 Å². The molecular formula is C15H21N3O. The second kappa shape index (κ2) is 6.95. The summed E-state index contributed by atoms with van der Waals surface area (Å²) in [6, 6.07) is 8.21. The molecule has 0 aliphatic carbocycles. The van der Waals surface area contributed by atoms with Crippen LogP contribution in [0.5, 0.6) is 0 Å². The monoisotopic (exact) mass is 259 g/mol. The van der Waals surface area contributed by atoms with Crippen LogP contribution < -0.4 is 11.1 Å². The third-order valence-electron chi connectivity index (χ3n) is 3.25. The number of fused-ring (bicyclic) bond motifs is 1. The van der Waals surface area contributed by atoms with Crippen LogP contribution in [0.25, 0.3) is 10.9 Å². The molecule has 4 heteroatoms. The Bertz CT molecular complexity index is 533. The number of carbonyl (C=O) groups is 1. The Morgan fingerprint density at radius 1 is 1.26 bits per heavy atom. The Hall–Kier alpha value is -1.81. The summed E-state index contributed by atoms with van der Waals surface area (Å²) in [6.07, 6.45) is 5.23. The van der Waals surface area contributed by atoms with Gasteiger partial charge < -0.3 is 16.0 Å². The summed E-state index contributed by atoms with van der Waals surface area (Å²) in [5.41, 5.74) is 7.79. The molecule has 0 bridgehead atoms. The molecule has 0 saturated carbocycles. The topological polar surface area (TPSA) is 70.9 Å². The van der Waals surface area contributed by atoms with Crippen LogP contribution in [-0.4, -0.2) is 24.0 Å². The Labute approximate surface area is 113 Å². The van der Waals surface area contributed by atoms with E-state index in [1.165, 1.54) is 10.9 Å². The molecule has 0 spiro atoms. The third-order valence-corrected chi connectivity index (χ3v) is 3.25. The first kappa shape index (κ1) is 13.6. The van der Waals surface area contributed by atoms with Crippen molar-refractivity contribution in [1.29, 1.82) is 0 Å². The van der Waals surface area contributed by atoms with Gasteiger partial charge in [0.15, 0.2) is 0 Å². The number of nitrogens with one attached hydrogen (secondary N) is 2. The first-order chi connectivity index (χ1) is 9.31. The van der Waals surface area contributed by atoms with Crippen LogP contribution in [0.4, 0.5) is 0 Å². The maximum atomic E-state index is 11.6. The average molecular weight is 259 g/mol. The van der Waals surface area contributed by atoms with E-state index in [1.54, 1.807) is 0 Å². The smallest absolute Gasteiger partial charge is 0.220 e. The number of hydrogen-bond acceptors (Lipinski definition) is 2. The second-order valence-corrected chi connectivity index (χ2v) is 4.71. The summed E-state index contributed by atoms with van der Waals surface area (Å²) in [7, 11) is 0. The summed E-state index contributed by atoms with van der Waals surface area (Å²) < 4.78 is 0. The molecule has 0 unspecified atom stereocenters. The fourth-order valence-corrected chi connectivity index (χ4v) is 2.19. The van der Waals surface area contributed by atoms with Gasteiger partial charge in [0.05, 0.1) is 0 Å². The van der Waals surface area contributed by atoms with Gasteiger partial charge in [-0.3, -0.25) is 4.79 Å². The molecular weight excluding hydrogens is 238 g/mol. The van der Waals surface area contributed by atoms with Crippen molar-refractivity contribution in [3.63, 3.8) is 0 Å². The third kappa shape index (κ3) is 3.83. The fourth-order valence-electron chi connectivity index (χ4n) is 2.19. The van der Waals surface area contributed by atoms with E-state index in [0.29, 0.717) is 19.5 Å². The number of amides is 1. The number of para-hydroxylation sites is 1. The highest BCUT2D eigenvalue weighted by molar-refractivity contribution is 5.83. The SMILES string of the molecule is NCCCCC(=O)NCCc1c[nH]c2ccccc12. The van der Waals surface area contributed by atoms with Gasteiger partial charge in [0.25, 0.3) is 0 Å². The average Bonchev–Trinajstić information content (AvgIpc) is 2.83. The highest BCUT2D eigenvalue weighted by Crippen LogP contribution is 2.17. The minimum Gasteiger partial charge on any atom is -0.361 e. The van der Waals surface area contributed by atoms with Crippen molar-refractivity contribution in [3.05, 3.63) is 36.0 Å². The molecule has 4 nitrogen and oxygen atoms in total. The van der Waals surface area contributed by atoms with Crippen LogP contribution in [-0.2, 0) is 11.2 Å². The van der Waals surface area contributed by atoms with Crippen LogP contribution in [0, 0.1) is 0 Å². The second-order valence-electron chi connectivity index (χ2n) is 4.71. The molecule has 0 radical (unpaired) electrons. The number of aromatic nitrogens is 1. The van der Waals surface area contributed by atoms with E-state index in [0.717, 1.165) is 24.8 Å². The number of unbranched alkanes of at least 4 members (excludes halogenated alkanes) is 1. The van der Waals surface area contributed by atoms with Gasteiger partial charge in [0, 0.05) is 30.1 Å². The molecule has 1 heterocycles. The van der Waals surface area contributed by atoms with E-state index in [4.69, 9.17) is 5.73 Å². The van der Waals surface area contributed by atoms with Gasteiger partial charge in [0.2, 0.25) is 5.91 Å². The highest BCUT2D eigenvalue weighted by atomic mass is 16.1. The van der Waals surface area contributed by atoms with Gasteiger partial charge in [-0.05, 0) is 37.4 Å². The summed E-state index contributed by atoms with van der Waals surface area (Å²) in [6.45, 7) is 1.34. The maximum Gasteiger partial charge on any atom is 0.220 e. The summed E-state index contributed by atoms with van der Waals surface area (Å²) in [5.74, 6) is 0.119. The zero-order valence-electron chi connectivity index (χ0n) is 11.1. The lowest BCUT2D eigenvalue weighted by atomic mass is 10.1. The van der Waals surface area contributed by atoms with Crippen molar-refractivity contribution in [2.45, 2.75) is 25.7 Å². The lowest BCUT2D eigenvalue weighted by Gasteiger charge is -2.04.